The van der Waals surface area contributed by atoms with Crippen LogP contribution in [0.2, 0.25) is 0 Å². The summed E-state index contributed by atoms with van der Waals surface area (Å²) in [5.74, 6) is -0.959. The highest BCUT2D eigenvalue weighted by molar-refractivity contribution is 5.95. The molecule has 1 saturated heterocycles. The molecule has 2 amide bonds. The van der Waals surface area contributed by atoms with Gasteiger partial charge in [-0.05, 0) is 32.1 Å². The van der Waals surface area contributed by atoms with Gasteiger partial charge in [-0.25, -0.2) is 4.39 Å². The number of rotatable bonds is 3. The van der Waals surface area contributed by atoms with Gasteiger partial charge in [-0.3, -0.25) is 14.3 Å². The number of aryl methyl sites for hydroxylation is 2. The van der Waals surface area contributed by atoms with Crippen molar-refractivity contribution in [1.29, 1.82) is 0 Å². The molecule has 1 aromatic carbocycles. The fraction of sp³-hybridized carbons (Fsp3) is 0.350. The maximum atomic E-state index is 13.8. The van der Waals surface area contributed by atoms with Crippen LogP contribution in [0.4, 0.5) is 4.39 Å². The Labute approximate surface area is 157 Å². The average molecular weight is 370 g/mol. The minimum absolute atomic E-state index is 0.0692. The SMILES string of the molecule is Cc1nn(C)c(C)c1/C=C/C(=O)N1CCN(C(=O)c2ccccc2F)CC1. The first kappa shape index (κ1) is 18.8. The van der Waals surface area contributed by atoms with E-state index in [2.05, 4.69) is 5.10 Å². The van der Waals surface area contributed by atoms with Gasteiger partial charge in [0.1, 0.15) is 5.82 Å². The minimum Gasteiger partial charge on any atom is -0.336 e. The molecule has 2 heterocycles. The lowest BCUT2D eigenvalue weighted by molar-refractivity contribution is -0.127. The van der Waals surface area contributed by atoms with Crippen LogP contribution in [0, 0.1) is 19.7 Å². The van der Waals surface area contributed by atoms with Crippen molar-refractivity contribution >= 4 is 17.9 Å². The number of aromatic nitrogens is 2. The van der Waals surface area contributed by atoms with Crippen LogP contribution in [-0.4, -0.2) is 57.6 Å². The molecule has 0 spiro atoms. The van der Waals surface area contributed by atoms with Crippen molar-refractivity contribution in [3.63, 3.8) is 0 Å². The topological polar surface area (TPSA) is 58.4 Å². The van der Waals surface area contributed by atoms with Crippen LogP contribution < -0.4 is 0 Å². The van der Waals surface area contributed by atoms with Gasteiger partial charge in [0, 0.05) is 50.6 Å². The van der Waals surface area contributed by atoms with Crippen LogP contribution in [0.1, 0.15) is 27.3 Å². The van der Waals surface area contributed by atoms with Gasteiger partial charge in [0.25, 0.3) is 5.91 Å². The van der Waals surface area contributed by atoms with E-state index < -0.39 is 5.82 Å². The van der Waals surface area contributed by atoms with Gasteiger partial charge in [-0.2, -0.15) is 5.10 Å². The van der Waals surface area contributed by atoms with E-state index in [-0.39, 0.29) is 17.4 Å². The molecule has 6 nitrogen and oxygen atoms in total. The molecule has 2 aromatic rings. The summed E-state index contributed by atoms with van der Waals surface area (Å²) in [4.78, 5) is 28.2. The molecule has 0 atom stereocenters. The molecule has 1 aromatic heterocycles. The van der Waals surface area contributed by atoms with Gasteiger partial charge < -0.3 is 9.80 Å². The Kier molecular flexibility index (Phi) is 5.39. The van der Waals surface area contributed by atoms with Crippen LogP contribution in [-0.2, 0) is 11.8 Å². The monoisotopic (exact) mass is 370 g/mol. The van der Waals surface area contributed by atoms with Crippen molar-refractivity contribution in [3.05, 3.63) is 58.7 Å². The number of nitrogens with zero attached hydrogens (tertiary/aromatic N) is 4. The first-order valence-electron chi connectivity index (χ1n) is 8.89. The molecular weight excluding hydrogens is 347 g/mol. The molecule has 0 saturated carbocycles. The zero-order valence-electron chi connectivity index (χ0n) is 15.8. The first-order valence-corrected chi connectivity index (χ1v) is 8.89. The largest absolute Gasteiger partial charge is 0.336 e. The highest BCUT2D eigenvalue weighted by Crippen LogP contribution is 2.15. The van der Waals surface area contributed by atoms with Crippen LogP contribution in [0.5, 0.6) is 0 Å². The number of benzene rings is 1. The Morgan fingerprint density at radius 2 is 1.70 bits per heavy atom. The Morgan fingerprint density at radius 1 is 1.07 bits per heavy atom. The zero-order valence-corrected chi connectivity index (χ0v) is 15.8. The molecule has 1 aliphatic heterocycles. The maximum absolute atomic E-state index is 13.8. The third kappa shape index (κ3) is 3.92. The van der Waals surface area contributed by atoms with Crippen molar-refractivity contribution in [2.24, 2.45) is 7.05 Å². The molecule has 1 aliphatic rings. The molecule has 0 radical (unpaired) electrons. The van der Waals surface area contributed by atoms with Crippen molar-refractivity contribution in [1.82, 2.24) is 19.6 Å². The molecule has 1 fully saturated rings. The van der Waals surface area contributed by atoms with Gasteiger partial charge in [0.2, 0.25) is 5.91 Å². The second kappa shape index (κ2) is 7.73. The summed E-state index contributed by atoms with van der Waals surface area (Å²) in [5, 5.41) is 4.33. The molecular formula is C20H23FN4O2. The highest BCUT2D eigenvalue weighted by Gasteiger charge is 2.25. The van der Waals surface area contributed by atoms with Gasteiger partial charge in [-0.15, -0.1) is 0 Å². The first-order chi connectivity index (χ1) is 12.9. The number of piperazine rings is 1. The van der Waals surface area contributed by atoms with Crippen LogP contribution in [0.3, 0.4) is 0 Å². The predicted molar refractivity (Wildman–Crippen MR) is 101 cm³/mol. The van der Waals surface area contributed by atoms with E-state index >= 15 is 0 Å². The van der Waals surface area contributed by atoms with Crippen molar-refractivity contribution in [2.45, 2.75) is 13.8 Å². The lowest BCUT2D eigenvalue weighted by atomic mass is 10.1. The van der Waals surface area contributed by atoms with E-state index in [0.717, 1.165) is 17.0 Å². The summed E-state index contributed by atoms with van der Waals surface area (Å²) in [6.07, 6.45) is 3.34. The molecule has 142 valence electrons. The molecule has 0 aliphatic carbocycles. The van der Waals surface area contributed by atoms with E-state index in [1.54, 1.807) is 38.8 Å². The molecule has 7 heteroatoms. The van der Waals surface area contributed by atoms with Crippen LogP contribution in [0.25, 0.3) is 6.08 Å². The summed E-state index contributed by atoms with van der Waals surface area (Å²) < 4.78 is 15.6. The number of hydrogen-bond donors (Lipinski definition) is 0. The van der Waals surface area contributed by atoms with Crippen molar-refractivity contribution in [3.8, 4) is 0 Å². The third-order valence-corrected chi connectivity index (χ3v) is 4.94. The smallest absolute Gasteiger partial charge is 0.256 e. The number of hydrogen-bond acceptors (Lipinski definition) is 3. The number of carbonyl (C=O) groups excluding carboxylic acids is 2. The summed E-state index contributed by atoms with van der Waals surface area (Å²) in [5.41, 5.74) is 2.88. The summed E-state index contributed by atoms with van der Waals surface area (Å²) in [7, 11) is 1.87. The third-order valence-electron chi connectivity index (χ3n) is 4.94. The Hall–Kier alpha value is -2.96. The summed E-state index contributed by atoms with van der Waals surface area (Å²) in [6.45, 7) is 5.49. The molecule has 0 unspecified atom stereocenters. The molecule has 3 rings (SSSR count). The summed E-state index contributed by atoms with van der Waals surface area (Å²) >= 11 is 0. The minimum atomic E-state index is -0.522. The van der Waals surface area contributed by atoms with Gasteiger partial charge >= 0.3 is 0 Å². The Morgan fingerprint density at radius 3 is 2.30 bits per heavy atom. The zero-order chi connectivity index (χ0) is 19.6. The van der Waals surface area contributed by atoms with E-state index in [1.807, 2.05) is 20.9 Å². The maximum Gasteiger partial charge on any atom is 0.256 e. The lowest BCUT2D eigenvalue weighted by Gasteiger charge is -2.34. The van der Waals surface area contributed by atoms with Crippen LogP contribution >= 0.6 is 0 Å². The van der Waals surface area contributed by atoms with E-state index in [4.69, 9.17) is 0 Å². The number of carbonyl (C=O) groups is 2. The van der Waals surface area contributed by atoms with Crippen molar-refractivity contribution in [2.75, 3.05) is 26.2 Å². The van der Waals surface area contributed by atoms with Gasteiger partial charge in [0.05, 0.1) is 11.3 Å². The second-order valence-corrected chi connectivity index (χ2v) is 6.64. The van der Waals surface area contributed by atoms with E-state index in [1.165, 1.54) is 12.1 Å². The average Bonchev–Trinajstić information content (AvgIpc) is 2.91. The van der Waals surface area contributed by atoms with Crippen LogP contribution in [0.15, 0.2) is 30.3 Å². The standard InChI is InChI=1S/C20H23FN4O2/c1-14-16(15(2)23(3)22-14)8-9-19(26)24-10-12-25(13-11-24)20(27)17-6-4-5-7-18(17)21/h4-9H,10-13H2,1-3H3/b9-8+. The Bertz CT molecular complexity index is 895. The number of halogens is 1. The van der Waals surface area contributed by atoms with Gasteiger partial charge in [-0.1, -0.05) is 12.1 Å². The molecule has 27 heavy (non-hydrogen) atoms. The highest BCUT2D eigenvalue weighted by atomic mass is 19.1. The van der Waals surface area contributed by atoms with Gasteiger partial charge in [0.15, 0.2) is 0 Å². The number of amides is 2. The fourth-order valence-electron chi connectivity index (χ4n) is 3.23. The molecule has 0 N–H and O–H groups in total. The quantitative estimate of drug-likeness (QED) is 0.778. The normalized spacial score (nSPS) is 14.8. The van der Waals surface area contributed by atoms with Crippen molar-refractivity contribution < 1.29 is 14.0 Å². The molecule has 0 bridgehead atoms. The second-order valence-electron chi connectivity index (χ2n) is 6.64. The summed E-state index contributed by atoms with van der Waals surface area (Å²) in [6, 6.07) is 5.96. The predicted octanol–water partition coefficient (Wildman–Crippen LogP) is 2.17. The van der Waals surface area contributed by atoms with E-state index in [9.17, 15) is 14.0 Å². The lowest BCUT2D eigenvalue weighted by Crippen LogP contribution is -2.50. The van der Waals surface area contributed by atoms with E-state index in [0.29, 0.717) is 26.2 Å². The Balaban J connectivity index is 1.60. The fourth-order valence-corrected chi connectivity index (χ4v) is 3.23.